The number of hydrogen-bond donors (Lipinski definition) is 1. The summed E-state index contributed by atoms with van der Waals surface area (Å²) < 4.78 is 25.0. The van der Waals surface area contributed by atoms with Gasteiger partial charge < -0.3 is 0 Å². The number of non-ortho nitro benzene ring substituents is 1. The molecule has 1 N–H and O–H groups in total. The Bertz CT molecular complexity index is 453. The summed E-state index contributed by atoms with van der Waals surface area (Å²) in [6, 6.07) is 4.14. The van der Waals surface area contributed by atoms with Crippen LogP contribution in [-0.2, 0) is 14.5 Å². The lowest BCUT2D eigenvalue weighted by Gasteiger charge is -1.98. The van der Waals surface area contributed by atoms with Gasteiger partial charge in [-0.2, -0.15) is 8.42 Å². The number of hydrogen-bond acceptors (Lipinski definition) is 6. The molecule has 0 aromatic heterocycles. The van der Waals surface area contributed by atoms with Gasteiger partial charge in [0.1, 0.15) is 4.90 Å². The van der Waals surface area contributed by atoms with Crippen LogP contribution in [0.2, 0.25) is 0 Å². The SMILES string of the molecule is O=[N+]([O-])c1cccc(S(=O)(=O)OO)c1. The van der Waals surface area contributed by atoms with Gasteiger partial charge in [0.05, 0.1) is 4.92 Å². The Hall–Kier alpha value is -1.51. The Morgan fingerprint density at radius 1 is 1.43 bits per heavy atom. The van der Waals surface area contributed by atoms with Crippen LogP contribution in [0.25, 0.3) is 0 Å². The van der Waals surface area contributed by atoms with Crippen LogP contribution in [0, 0.1) is 10.1 Å². The van der Waals surface area contributed by atoms with Crippen LogP contribution in [-0.4, -0.2) is 18.6 Å². The largest absolute Gasteiger partial charge is 0.323 e. The molecule has 0 aliphatic rings. The smallest absolute Gasteiger partial charge is 0.258 e. The zero-order valence-electron chi connectivity index (χ0n) is 6.65. The second-order valence-electron chi connectivity index (χ2n) is 2.28. The average molecular weight is 219 g/mol. The van der Waals surface area contributed by atoms with Crippen LogP contribution in [0.4, 0.5) is 5.69 Å². The molecule has 0 radical (unpaired) electrons. The molecule has 0 atom stereocenters. The van der Waals surface area contributed by atoms with E-state index in [2.05, 4.69) is 4.33 Å². The van der Waals surface area contributed by atoms with Crippen molar-refractivity contribution >= 4 is 15.8 Å². The van der Waals surface area contributed by atoms with E-state index >= 15 is 0 Å². The van der Waals surface area contributed by atoms with Crippen molar-refractivity contribution in [3.05, 3.63) is 34.4 Å². The highest BCUT2D eigenvalue weighted by Gasteiger charge is 2.17. The third kappa shape index (κ3) is 2.05. The van der Waals surface area contributed by atoms with Gasteiger partial charge in [0.25, 0.3) is 5.69 Å². The van der Waals surface area contributed by atoms with Crippen LogP contribution in [0.5, 0.6) is 0 Å². The number of nitro benzene ring substituents is 1. The van der Waals surface area contributed by atoms with E-state index in [1.807, 2.05) is 0 Å². The molecule has 0 unspecified atom stereocenters. The van der Waals surface area contributed by atoms with Crippen molar-refractivity contribution in [3.63, 3.8) is 0 Å². The van der Waals surface area contributed by atoms with Gasteiger partial charge in [0, 0.05) is 12.1 Å². The van der Waals surface area contributed by atoms with Gasteiger partial charge >= 0.3 is 10.1 Å². The number of rotatable bonds is 3. The number of nitrogens with zero attached hydrogens (tertiary/aromatic N) is 1. The standard InChI is InChI=1S/C6H5NO6S/c8-7(9)5-2-1-3-6(4-5)14(11,12)13-10/h1-4,10H. The third-order valence-electron chi connectivity index (χ3n) is 1.42. The molecule has 0 saturated carbocycles. The van der Waals surface area contributed by atoms with Gasteiger partial charge in [0.2, 0.25) is 0 Å². The van der Waals surface area contributed by atoms with Gasteiger partial charge in [-0.15, -0.1) is 4.33 Å². The summed E-state index contributed by atoms with van der Waals surface area (Å²) >= 11 is 0. The highest BCUT2D eigenvalue weighted by Crippen LogP contribution is 2.18. The van der Waals surface area contributed by atoms with E-state index in [0.717, 1.165) is 18.2 Å². The summed E-state index contributed by atoms with van der Waals surface area (Å²) in [6.07, 6.45) is 0. The molecule has 1 aromatic rings. The maximum atomic E-state index is 10.9. The van der Waals surface area contributed by atoms with E-state index in [9.17, 15) is 18.5 Å². The molecule has 0 heterocycles. The molecule has 1 rings (SSSR count). The first-order chi connectivity index (χ1) is 6.47. The highest BCUT2D eigenvalue weighted by atomic mass is 32.2. The van der Waals surface area contributed by atoms with Crippen LogP contribution in [0.1, 0.15) is 0 Å². The number of nitro groups is 1. The highest BCUT2D eigenvalue weighted by molar-refractivity contribution is 7.86. The normalized spacial score (nSPS) is 11.2. The van der Waals surface area contributed by atoms with E-state index in [4.69, 9.17) is 5.26 Å². The summed E-state index contributed by atoms with van der Waals surface area (Å²) in [5, 5.41) is 18.3. The third-order valence-corrected chi connectivity index (χ3v) is 2.44. The lowest BCUT2D eigenvalue weighted by atomic mass is 10.3. The van der Waals surface area contributed by atoms with Gasteiger partial charge in [0.15, 0.2) is 0 Å². The summed E-state index contributed by atoms with van der Waals surface area (Å²) in [5.74, 6) is 0. The predicted molar refractivity (Wildman–Crippen MR) is 44.0 cm³/mol. The summed E-state index contributed by atoms with van der Waals surface area (Å²) in [4.78, 5) is 9.04. The zero-order chi connectivity index (χ0) is 10.8. The zero-order valence-corrected chi connectivity index (χ0v) is 7.47. The lowest BCUT2D eigenvalue weighted by molar-refractivity contribution is -0.385. The van der Waals surface area contributed by atoms with Crippen LogP contribution < -0.4 is 0 Å². The van der Waals surface area contributed by atoms with Crippen molar-refractivity contribution in [2.45, 2.75) is 4.90 Å². The monoisotopic (exact) mass is 219 g/mol. The molecule has 0 spiro atoms. The van der Waals surface area contributed by atoms with Gasteiger partial charge in [-0.05, 0) is 6.07 Å². The fourth-order valence-electron chi connectivity index (χ4n) is 0.796. The molecule has 14 heavy (non-hydrogen) atoms. The molecule has 0 aliphatic carbocycles. The number of benzene rings is 1. The van der Waals surface area contributed by atoms with Gasteiger partial charge in [-0.25, -0.2) is 5.26 Å². The van der Waals surface area contributed by atoms with Crippen LogP contribution in [0.3, 0.4) is 0 Å². The van der Waals surface area contributed by atoms with Crippen molar-refractivity contribution in [2.24, 2.45) is 0 Å². The second kappa shape index (κ2) is 3.70. The molecule has 7 nitrogen and oxygen atoms in total. The average Bonchev–Trinajstić information content (AvgIpc) is 2.18. The van der Waals surface area contributed by atoms with Gasteiger partial charge in [-0.1, -0.05) is 6.07 Å². The molecule has 0 amide bonds. The van der Waals surface area contributed by atoms with Crippen molar-refractivity contribution in [3.8, 4) is 0 Å². The molecule has 76 valence electrons. The minimum absolute atomic E-state index is 0.400. The molecule has 0 saturated heterocycles. The first-order valence-corrected chi connectivity index (χ1v) is 4.71. The van der Waals surface area contributed by atoms with E-state index in [1.54, 1.807) is 0 Å². The molecule has 0 fully saturated rings. The van der Waals surface area contributed by atoms with E-state index < -0.39 is 25.6 Å². The Balaban J connectivity index is 3.26. The van der Waals surface area contributed by atoms with Crippen LogP contribution >= 0.6 is 0 Å². The van der Waals surface area contributed by atoms with Crippen molar-refractivity contribution < 1.29 is 22.9 Å². The minimum Gasteiger partial charge on any atom is -0.258 e. The van der Waals surface area contributed by atoms with E-state index in [0.29, 0.717) is 0 Å². The molecule has 8 heteroatoms. The predicted octanol–water partition coefficient (Wildman–Crippen LogP) is 0.773. The first-order valence-electron chi connectivity index (χ1n) is 3.30. The Labute approximate surface area is 78.8 Å². The van der Waals surface area contributed by atoms with E-state index in [1.165, 1.54) is 6.07 Å². The van der Waals surface area contributed by atoms with Gasteiger partial charge in [-0.3, -0.25) is 10.1 Å². The summed E-state index contributed by atoms with van der Waals surface area (Å²) in [6.45, 7) is 0. The first kappa shape index (κ1) is 10.6. The van der Waals surface area contributed by atoms with Crippen molar-refractivity contribution in [1.29, 1.82) is 0 Å². The molecular weight excluding hydrogens is 214 g/mol. The summed E-state index contributed by atoms with van der Waals surface area (Å²) in [5.41, 5.74) is -0.400. The Morgan fingerprint density at radius 3 is 2.57 bits per heavy atom. The molecular formula is C6H5NO6S. The molecule has 0 bridgehead atoms. The van der Waals surface area contributed by atoms with E-state index in [-0.39, 0.29) is 0 Å². The van der Waals surface area contributed by atoms with Crippen LogP contribution in [0.15, 0.2) is 29.2 Å². The maximum absolute atomic E-state index is 10.9. The fraction of sp³-hybridized carbons (Fsp3) is 0. The minimum atomic E-state index is -4.30. The quantitative estimate of drug-likeness (QED) is 0.457. The molecule has 1 aromatic carbocycles. The maximum Gasteiger partial charge on any atom is 0.323 e. The second-order valence-corrected chi connectivity index (χ2v) is 3.81. The Morgan fingerprint density at radius 2 is 2.07 bits per heavy atom. The fourth-order valence-corrected chi connectivity index (χ4v) is 1.39. The Kier molecular flexibility index (Phi) is 2.79. The lowest BCUT2D eigenvalue weighted by Crippen LogP contribution is -2.03. The van der Waals surface area contributed by atoms with Crippen molar-refractivity contribution in [2.75, 3.05) is 0 Å². The molecule has 0 aliphatic heterocycles. The topological polar surface area (TPSA) is 107 Å². The van der Waals surface area contributed by atoms with Crippen molar-refractivity contribution in [1.82, 2.24) is 0 Å². The summed E-state index contributed by atoms with van der Waals surface area (Å²) in [7, 11) is -4.30.